The molecule has 1 saturated heterocycles. The Balaban J connectivity index is 0.546. The number of benzene rings is 3. The minimum Gasteiger partial charge on any atom is -0.495 e. The van der Waals surface area contributed by atoms with E-state index in [0.29, 0.717) is 167 Å². The van der Waals surface area contributed by atoms with E-state index in [0.717, 1.165) is 31.4 Å². The van der Waals surface area contributed by atoms with Crippen molar-refractivity contribution >= 4 is 127 Å². The number of amides is 9. The van der Waals surface area contributed by atoms with Crippen LogP contribution < -0.4 is 63.0 Å². The van der Waals surface area contributed by atoms with Crippen LogP contribution in [0.5, 0.6) is 5.75 Å². The molecule has 2 fully saturated rings. The van der Waals surface area contributed by atoms with E-state index in [-0.39, 0.29) is 166 Å². The van der Waals surface area contributed by atoms with Gasteiger partial charge < -0.3 is 105 Å². The van der Waals surface area contributed by atoms with Crippen LogP contribution in [0.2, 0.25) is 0 Å². The summed E-state index contributed by atoms with van der Waals surface area (Å²) < 4.78 is 51.0. The lowest BCUT2D eigenvalue weighted by molar-refractivity contribution is -0.141. The largest absolute Gasteiger partial charge is 0.495 e. The minimum atomic E-state index is -1.22. The highest BCUT2D eigenvalue weighted by Gasteiger charge is 2.43. The lowest BCUT2D eigenvalue weighted by atomic mass is 10.0. The van der Waals surface area contributed by atoms with E-state index in [4.69, 9.17) is 53.3 Å². The van der Waals surface area contributed by atoms with Gasteiger partial charge in [0, 0.05) is 130 Å². The first kappa shape index (κ1) is 98.8. The summed E-state index contributed by atoms with van der Waals surface area (Å²) in [5.41, 5.74) is 10.3. The molecule has 0 spiro atoms. The number of fused-ring (bicyclic) bond motifs is 3. The van der Waals surface area contributed by atoms with Crippen LogP contribution in [0.4, 0.5) is 39.6 Å². The Kier molecular flexibility index (Phi) is 39.8. The number of carbonyl (C=O) groups is 10. The number of ether oxygens (including phenoxy) is 9. The van der Waals surface area contributed by atoms with E-state index >= 15 is 0 Å². The molecule has 39 nitrogen and oxygen atoms in total. The van der Waals surface area contributed by atoms with Gasteiger partial charge in [-0.3, -0.25) is 53.5 Å². The first-order valence-electron chi connectivity index (χ1n) is 43.1. The quantitative estimate of drug-likeness (QED) is 0.00898. The number of imide groups is 1. The molecule has 692 valence electrons. The second kappa shape index (κ2) is 51.6. The molecule has 3 aromatic carbocycles. The van der Waals surface area contributed by atoms with Crippen molar-refractivity contribution in [2.24, 2.45) is 0 Å². The number of aliphatic carboxylic acids is 1. The zero-order chi connectivity index (χ0) is 91.3. The van der Waals surface area contributed by atoms with Gasteiger partial charge >= 0.3 is 12.1 Å². The van der Waals surface area contributed by atoms with E-state index < -0.39 is 47.6 Å². The van der Waals surface area contributed by atoms with Gasteiger partial charge in [0.05, 0.1) is 117 Å². The van der Waals surface area contributed by atoms with Crippen molar-refractivity contribution < 1.29 is 95.7 Å². The van der Waals surface area contributed by atoms with Gasteiger partial charge in [-0.1, -0.05) is 59.3 Å². The van der Waals surface area contributed by atoms with E-state index in [2.05, 4.69) is 78.9 Å². The van der Waals surface area contributed by atoms with Crippen LogP contribution in [0, 0.1) is 11.8 Å². The summed E-state index contributed by atoms with van der Waals surface area (Å²) in [7, 11) is 5.78. The van der Waals surface area contributed by atoms with Gasteiger partial charge in [0.25, 0.3) is 23.3 Å². The smallest absolute Gasteiger partial charge is 0.410 e. The van der Waals surface area contributed by atoms with Gasteiger partial charge in [0.2, 0.25) is 41.4 Å². The van der Waals surface area contributed by atoms with Crippen LogP contribution >= 0.6 is 21.6 Å². The van der Waals surface area contributed by atoms with E-state index in [1.165, 1.54) is 44.7 Å². The maximum absolute atomic E-state index is 14.0. The predicted molar refractivity (Wildman–Crippen MR) is 478 cm³/mol. The standard InChI is InChI=1S/C87H116N18O21S2/c1-7-68-83(114)102(5)70-52-93-86(100-77(70)105(68)63-17-8-9-18-63)97-66-26-23-60(49-71(66)118-6)78(109)90-31-13-35-119-36-14-34-103(33-11-10-15-58-16-12-19-64-65(58)53-104(82(64)113)69-27-29-73(107)98-80(69)111)87(117)126-56(3)57(4)128-127-54-67(84(115)116)96-74(108)30-37-120-39-41-122-43-45-124-47-48-125-46-44-123-42-40-121-38-32-89-72(106)28-20-55(2)94-79(110)59-21-24-61(25-22-59)91-50-62-51-92-76-75(95-62)81(112)101-85(88)99-76/h12,16,19,21-26,49,51-52,55-57,63,67-69,91H,7-9,11,13-14,17-18,20,27-48,50,53-54H2,1-6H3,(H,89,106)(H,90,109)(H,94,110)(H,96,108)(H,115,116)(H,93,97,100)(H,98,107,111)(H3,88,92,99,101,112)/t55-,56?,57?,67+,68-,69?/m1/s1. The van der Waals surface area contributed by atoms with Crippen LogP contribution in [0.15, 0.2) is 77.9 Å². The number of nitrogens with zero attached hydrogens (tertiary/aromatic N) is 9. The Labute approximate surface area is 750 Å². The highest BCUT2D eigenvalue weighted by Crippen LogP contribution is 2.41. The number of carbonyl (C=O) groups excluding carboxylic acids is 9. The van der Waals surface area contributed by atoms with Crippen LogP contribution in [-0.2, 0) is 79.8 Å². The molecular weight excluding hydrogens is 1700 g/mol. The number of hydrogen-bond donors (Lipinski definition) is 10. The molecule has 3 aliphatic heterocycles. The molecule has 4 aliphatic rings. The number of H-pyrrole nitrogens is 1. The average molecular weight is 1810 g/mol. The minimum absolute atomic E-state index is 0.00768. The van der Waals surface area contributed by atoms with Crippen LogP contribution in [0.3, 0.4) is 0 Å². The molecule has 0 radical (unpaired) electrons. The number of methoxy groups -OCH3 is 1. The number of hydrogen-bond acceptors (Lipinski definition) is 31. The van der Waals surface area contributed by atoms with Gasteiger partial charge in [-0.15, -0.1) is 0 Å². The number of rotatable bonds is 54. The van der Waals surface area contributed by atoms with Crippen molar-refractivity contribution in [2.75, 3.05) is 165 Å². The van der Waals surface area contributed by atoms with Gasteiger partial charge in [0.15, 0.2) is 17.0 Å². The zero-order valence-electron chi connectivity index (χ0n) is 73.0. The molecule has 0 bridgehead atoms. The predicted octanol–water partition coefficient (Wildman–Crippen LogP) is 6.05. The normalized spacial score (nSPS) is 15.8. The zero-order valence-corrected chi connectivity index (χ0v) is 74.7. The molecule has 6 heterocycles. The van der Waals surface area contributed by atoms with Crippen molar-refractivity contribution in [1.82, 2.24) is 66.3 Å². The highest BCUT2D eigenvalue weighted by molar-refractivity contribution is 8.77. The second-order valence-electron chi connectivity index (χ2n) is 30.7. The van der Waals surface area contributed by atoms with Gasteiger partial charge in [-0.25, -0.2) is 24.5 Å². The monoisotopic (exact) mass is 1810 g/mol. The third-order valence-electron chi connectivity index (χ3n) is 21.4. The first-order valence-corrected chi connectivity index (χ1v) is 45.5. The number of nitrogens with one attached hydrogen (secondary N) is 8. The van der Waals surface area contributed by atoms with E-state index in [1.807, 2.05) is 20.8 Å². The van der Waals surface area contributed by atoms with Crippen LogP contribution in [0.25, 0.3) is 11.2 Å². The fraction of sp³-hybridized carbons (Fsp3) is 0.540. The highest BCUT2D eigenvalue weighted by atomic mass is 33.1. The van der Waals surface area contributed by atoms with Crippen LogP contribution in [-0.4, -0.2) is 284 Å². The number of piperidine rings is 1. The van der Waals surface area contributed by atoms with Crippen molar-refractivity contribution in [3.05, 3.63) is 117 Å². The van der Waals surface area contributed by atoms with Crippen molar-refractivity contribution in [1.29, 1.82) is 0 Å². The number of carboxylic acid groups (broad SMARTS) is 1. The summed E-state index contributed by atoms with van der Waals surface area (Å²) in [6, 6.07) is 14.7. The third kappa shape index (κ3) is 30.1. The van der Waals surface area contributed by atoms with Gasteiger partial charge in [-0.2, -0.15) is 9.97 Å². The average Bonchev–Trinajstić information content (AvgIpc) is 1.59. The summed E-state index contributed by atoms with van der Waals surface area (Å²) in [6.45, 7) is 12.9. The molecule has 1 saturated carbocycles. The van der Waals surface area contributed by atoms with E-state index in [9.17, 15) is 57.8 Å². The van der Waals surface area contributed by atoms with Crippen molar-refractivity contribution in [3.8, 4) is 17.6 Å². The fourth-order valence-corrected chi connectivity index (χ4v) is 16.9. The molecular formula is C87H116N18O21S2. The van der Waals surface area contributed by atoms with Gasteiger partial charge in [-0.05, 0) is 126 Å². The van der Waals surface area contributed by atoms with Crippen molar-refractivity contribution in [2.45, 2.75) is 166 Å². The Morgan fingerprint density at radius 2 is 1.42 bits per heavy atom. The lowest BCUT2D eigenvalue weighted by Crippen LogP contribution is -2.55. The Morgan fingerprint density at radius 1 is 0.734 bits per heavy atom. The summed E-state index contributed by atoms with van der Waals surface area (Å²) in [5, 5.41) is 29.7. The Morgan fingerprint density at radius 3 is 2.12 bits per heavy atom. The molecule has 41 heteroatoms. The molecule has 6 aromatic rings. The maximum atomic E-state index is 14.0. The van der Waals surface area contributed by atoms with Crippen LogP contribution in [0.1, 0.15) is 159 Å². The number of aromatic amines is 1. The molecule has 1 aliphatic carbocycles. The fourth-order valence-electron chi connectivity index (χ4n) is 14.3. The lowest BCUT2D eigenvalue weighted by Gasteiger charge is -2.43. The molecule has 9 amide bonds. The molecule has 3 aromatic heterocycles. The number of carboxylic acids is 1. The molecule has 11 N–H and O–H groups in total. The topological polar surface area (TPSA) is 494 Å². The molecule has 10 rings (SSSR count). The Bertz CT molecular complexity index is 4890. The summed E-state index contributed by atoms with van der Waals surface area (Å²) >= 11 is 0. The van der Waals surface area contributed by atoms with Gasteiger partial charge in [0.1, 0.15) is 35.7 Å². The molecule has 3 unspecified atom stereocenters. The summed E-state index contributed by atoms with van der Waals surface area (Å²) in [4.78, 5) is 173. The molecule has 6 atom stereocenters. The number of anilines is 6. The number of aromatic nitrogens is 6. The third-order valence-corrected chi connectivity index (χ3v) is 24.4. The SMILES string of the molecule is CC[C@@H]1C(=O)N(C)c2cnc(Nc3ccc(C(=O)NCCCOCCCN(CCC#Cc4cccc5c4CN(C4CCC(=O)NC4=O)C5=O)C(=O)OC(C)C(C)SSC[C@H](NC(=O)CCOCCOCCOCCOCCOCCOCCNC(=O)CC[C@@H](C)NC(=O)c4ccc(NCc5cnc6nc(N)[nH]c(=O)c6n5)cc4)C(=O)O)cc3OC)nc2N1C1CCCC1. The first-order chi connectivity index (χ1) is 62.0. The Hall–Kier alpha value is -11.4. The number of nitrogen functional groups attached to an aromatic ring is 1. The summed E-state index contributed by atoms with van der Waals surface area (Å²) in [6.07, 6.45) is 8.72. The number of likely N-dealkylation sites (N-methyl/N-ethyl adjacent to an activating group) is 1. The number of nitrogens with two attached hydrogens (primary N) is 1. The maximum Gasteiger partial charge on any atom is 0.410 e. The van der Waals surface area contributed by atoms with E-state index in [1.54, 1.807) is 85.7 Å². The molecule has 128 heavy (non-hydrogen) atoms. The summed E-state index contributed by atoms with van der Waals surface area (Å²) in [5.74, 6) is 4.01. The van der Waals surface area contributed by atoms with Crippen molar-refractivity contribution in [3.63, 3.8) is 0 Å². The second-order valence-corrected chi connectivity index (χ2v) is 33.5.